The Morgan fingerprint density at radius 2 is 2.14 bits per heavy atom. The van der Waals surface area contributed by atoms with E-state index in [1.165, 1.54) is 18.5 Å². The summed E-state index contributed by atoms with van der Waals surface area (Å²) in [7, 11) is 0. The van der Waals surface area contributed by atoms with Crippen LogP contribution in [0.2, 0.25) is 5.15 Å². The van der Waals surface area contributed by atoms with E-state index in [9.17, 15) is 4.79 Å². The van der Waals surface area contributed by atoms with Gasteiger partial charge in [-0.05, 0) is 6.07 Å². The highest BCUT2D eigenvalue weighted by molar-refractivity contribution is 6.30. The van der Waals surface area contributed by atoms with E-state index in [0.29, 0.717) is 10.8 Å². The molecule has 0 fully saturated rings. The largest absolute Gasteiger partial charge is 0.478 e. The van der Waals surface area contributed by atoms with Crippen LogP contribution in [0.5, 0.6) is 0 Å². The number of fused-ring (bicyclic) bond motifs is 1. The topological polar surface area (TPSA) is 63.1 Å². The Balaban J connectivity index is 2.84. The van der Waals surface area contributed by atoms with E-state index in [1.54, 1.807) is 6.20 Å². The van der Waals surface area contributed by atoms with Gasteiger partial charge in [0.15, 0.2) is 0 Å². The number of carboxylic acids is 1. The molecule has 0 bridgehead atoms. The fourth-order valence-corrected chi connectivity index (χ4v) is 1.37. The van der Waals surface area contributed by atoms with Gasteiger partial charge in [-0.25, -0.2) is 9.78 Å². The minimum atomic E-state index is -1.02. The lowest BCUT2D eigenvalue weighted by Gasteiger charge is -2.00. The first-order chi connectivity index (χ1) is 6.68. The summed E-state index contributed by atoms with van der Waals surface area (Å²) >= 11 is 5.67. The van der Waals surface area contributed by atoms with Crippen molar-refractivity contribution in [2.45, 2.75) is 0 Å². The van der Waals surface area contributed by atoms with Gasteiger partial charge >= 0.3 is 5.97 Å². The van der Waals surface area contributed by atoms with Crippen LogP contribution >= 0.6 is 11.6 Å². The summed E-state index contributed by atoms with van der Waals surface area (Å²) in [6, 6.07) is 1.52. The Morgan fingerprint density at radius 1 is 1.36 bits per heavy atom. The van der Waals surface area contributed by atoms with Gasteiger partial charge in [-0.1, -0.05) is 11.6 Å². The van der Waals surface area contributed by atoms with Crippen LogP contribution in [0, 0.1) is 0 Å². The number of aromatic nitrogens is 2. The third kappa shape index (κ3) is 1.40. The zero-order chi connectivity index (χ0) is 10.1. The number of rotatable bonds is 1. The number of hydrogen-bond acceptors (Lipinski definition) is 3. The lowest BCUT2D eigenvalue weighted by molar-refractivity contribution is 0.0698. The molecule has 5 heteroatoms. The maximum absolute atomic E-state index is 10.8. The standard InChI is InChI=1S/C9H5ClN2O2/c10-8-1-6-5(3-12-8)2-11-4-7(6)9(13)14/h1-4H,(H,13,14). The first-order valence-corrected chi connectivity index (χ1v) is 4.19. The van der Waals surface area contributed by atoms with Crippen LogP contribution in [0.4, 0.5) is 0 Å². The van der Waals surface area contributed by atoms with Gasteiger partial charge < -0.3 is 5.11 Å². The fraction of sp³-hybridized carbons (Fsp3) is 0. The van der Waals surface area contributed by atoms with Crippen molar-refractivity contribution in [2.75, 3.05) is 0 Å². The molecule has 2 heterocycles. The second-order valence-corrected chi connectivity index (χ2v) is 3.11. The SMILES string of the molecule is O=C(O)c1cncc2cnc(Cl)cc12. The molecule has 0 atom stereocenters. The molecule has 4 nitrogen and oxygen atoms in total. The third-order valence-corrected chi connectivity index (χ3v) is 2.05. The predicted molar refractivity (Wildman–Crippen MR) is 51.5 cm³/mol. The molecule has 2 aromatic rings. The minimum Gasteiger partial charge on any atom is -0.478 e. The van der Waals surface area contributed by atoms with Gasteiger partial charge in [0, 0.05) is 29.4 Å². The number of halogens is 1. The summed E-state index contributed by atoms with van der Waals surface area (Å²) in [4.78, 5) is 18.5. The van der Waals surface area contributed by atoms with Crippen LogP contribution in [0.3, 0.4) is 0 Å². The minimum absolute atomic E-state index is 0.131. The number of pyridine rings is 2. The van der Waals surface area contributed by atoms with Gasteiger partial charge in [-0.15, -0.1) is 0 Å². The number of carboxylic acid groups (broad SMARTS) is 1. The summed E-state index contributed by atoms with van der Waals surface area (Å²) in [5, 5.41) is 10.3. The zero-order valence-corrected chi connectivity index (χ0v) is 7.69. The van der Waals surface area contributed by atoms with Crippen LogP contribution in [0.25, 0.3) is 10.8 Å². The van der Waals surface area contributed by atoms with Crippen molar-refractivity contribution >= 4 is 28.3 Å². The highest BCUT2D eigenvalue weighted by Gasteiger charge is 2.08. The molecule has 0 radical (unpaired) electrons. The van der Waals surface area contributed by atoms with Gasteiger partial charge in [0.1, 0.15) is 5.15 Å². The molecule has 0 amide bonds. The Hall–Kier alpha value is -1.68. The number of nitrogens with zero attached hydrogens (tertiary/aromatic N) is 2. The van der Waals surface area contributed by atoms with Crippen LogP contribution in [0.15, 0.2) is 24.7 Å². The van der Waals surface area contributed by atoms with Gasteiger partial charge in [0.05, 0.1) is 5.56 Å². The molecular formula is C9H5ClN2O2. The average Bonchev–Trinajstić information content (AvgIpc) is 2.16. The van der Waals surface area contributed by atoms with Crippen LogP contribution in [0.1, 0.15) is 10.4 Å². The molecule has 0 aliphatic rings. The molecule has 0 aliphatic heterocycles. The van der Waals surface area contributed by atoms with Gasteiger partial charge in [-0.3, -0.25) is 4.98 Å². The molecule has 70 valence electrons. The van der Waals surface area contributed by atoms with Gasteiger partial charge in [0.25, 0.3) is 0 Å². The molecule has 0 saturated heterocycles. The van der Waals surface area contributed by atoms with E-state index >= 15 is 0 Å². The van der Waals surface area contributed by atoms with Gasteiger partial charge in [-0.2, -0.15) is 0 Å². The van der Waals surface area contributed by atoms with Crippen molar-refractivity contribution in [2.24, 2.45) is 0 Å². The Kier molecular flexibility index (Phi) is 2.05. The quantitative estimate of drug-likeness (QED) is 0.728. The predicted octanol–water partition coefficient (Wildman–Crippen LogP) is 1.98. The molecule has 2 rings (SSSR count). The maximum atomic E-state index is 10.8. The molecule has 0 aliphatic carbocycles. The van der Waals surface area contributed by atoms with E-state index in [-0.39, 0.29) is 10.7 Å². The van der Waals surface area contributed by atoms with Crippen molar-refractivity contribution in [3.05, 3.63) is 35.4 Å². The summed E-state index contributed by atoms with van der Waals surface area (Å²) in [5.74, 6) is -1.02. The maximum Gasteiger partial charge on any atom is 0.337 e. The fourth-order valence-electron chi connectivity index (χ4n) is 1.21. The second kappa shape index (κ2) is 3.23. The van der Waals surface area contributed by atoms with Crippen LogP contribution < -0.4 is 0 Å². The molecule has 0 unspecified atom stereocenters. The van der Waals surface area contributed by atoms with Crippen molar-refractivity contribution in [3.63, 3.8) is 0 Å². The van der Waals surface area contributed by atoms with Crippen LogP contribution in [-0.2, 0) is 0 Å². The van der Waals surface area contributed by atoms with Crippen molar-refractivity contribution in [1.29, 1.82) is 0 Å². The number of hydrogen-bond donors (Lipinski definition) is 1. The van der Waals surface area contributed by atoms with Crippen LogP contribution in [-0.4, -0.2) is 21.0 Å². The molecule has 0 spiro atoms. The highest BCUT2D eigenvalue weighted by Crippen LogP contribution is 2.19. The van der Waals surface area contributed by atoms with E-state index in [0.717, 1.165) is 0 Å². The lowest BCUT2D eigenvalue weighted by atomic mass is 10.1. The second-order valence-electron chi connectivity index (χ2n) is 2.72. The Labute approximate surface area is 84.2 Å². The average molecular weight is 209 g/mol. The Bertz CT molecular complexity index is 513. The smallest absolute Gasteiger partial charge is 0.337 e. The third-order valence-electron chi connectivity index (χ3n) is 1.84. The first-order valence-electron chi connectivity index (χ1n) is 3.81. The molecule has 14 heavy (non-hydrogen) atoms. The number of aromatic carboxylic acids is 1. The monoisotopic (exact) mass is 208 g/mol. The molecule has 2 aromatic heterocycles. The summed E-state index contributed by atoms with van der Waals surface area (Å²) in [5.41, 5.74) is 0.131. The van der Waals surface area contributed by atoms with Gasteiger partial charge in [0.2, 0.25) is 0 Å². The zero-order valence-electron chi connectivity index (χ0n) is 6.94. The lowest BCUT2D eigenvalue weighted by Crippen LogP contribution is -1.98. The molecular weight excluding hydrogens is 204 g/mol. The Morgan fingerprint density at radius 3 is 2.86 bits per heavy atom. The van der Waals surface area contributed by atoms with E-state index in [4.69, 9.17) is 16.7 Å². The normalized spacial score (nSPS) is 10.4. The summed E-state index contributed by atoms with van der Waals surface area (Å²) < 4.78 is 0. The van der Waals surface area contributed by atoms with E-state index in [2.05, 4.69) is 9.97 Å². The van der Waals surface area contributed by atoms with Crippen molar-refractivity contribution in [1.82, 2.24) is 9.97 Å². The summed E-state index contributed by atoms with van der Waals surface area (Å²) in [6.07, 6.45) is 4.34. The summed E-state index contributed by atoms with van der Waals surface area (Å²) in [6.45, 7) is 0. The van der Waals surface area contributed by atoms with E-state index in [1.807, 2.05) is 0 Å². The number of carbonyl (C=O) groups is 1. The van der Waals surface area contributed by atoms with Crippen molar-refractivity contribution < 1.29 is 9.90 Å². The molecule has 0 aromatic carbocycles. The molecule has 1 N–H and O–H groups in total. The van der Waals surface area contributed by atoms with Crippen molar-refractivity contribution in [3.8, 4) is 0 Å². The van der Waals surface area contributed by atoms with E-state index < -0.39 is 5.97 Å². The highest BCUT2D eigenvalue weighted by atomic mass is 35.5. The molecule has 0 saturated carbocycles. The first kappa shape index (κ1) is 8.90.